The Bertz CT molecular complexity index is 466. The summed E-state index contributed by atoms with van der Waals surface area (Å²) in [7, 11) is 2.33. The summed E-state index contributed by atoms with van der Waals surface area (Å²) in [5.74, 6) is 4.51. The van der Waals surface area contributed by atoms with E-state index in [9.17, 15) is 0 Å². The molecule has 7 unspecified atom stereocenters. The summed E-state index contributed by atoms with van der Waals surface area (Å²) < 4.78 is 0. The average molecular weight is 321 g/mol. The van der Waals surface area contributed by atoms with Crippen molar-refractivity contribution in [1.82, 2.24) is 9.80 Å². The molecule has 4 fully saturated rings. The molecule has 7 atom stereocenters. The van der Waals surface area contributed by atoms with Crippen LogP contribution in [-0.4, -0.2) is 55.1 Å². The lowest BCUT2D eigenvalue weighted by Crippen LogP contribution is -2.75. The van der Waals surface area contributed by atoms with Gasteiger partial charge in [-0.1, -0.05) is 20.8 Å². The van der Waals surface area contributed by atoms with Gasteiger partial charge < -0.3 is 10.6 Å². The van der Waals surface area contributed by atoms with Gasteiger partial charge in [-0.15, -0.1) is 0 Å². The van der Waals surface area contributed by atoms with E-state index < -0.39 is 0 Å². The molecule has 4 aliphatic rings. The Morgan fingerprint density at radius 1 is 1.09 bits per heavy atom. The molecule has 2 saturated carbocycles. The number of likely N-dealkylation sites (tertiary alicyclic amines) is 2. The Balaban J connectivity index is 1.42. The van der Waals surface area contributed by atoms with Crippen molar-refractivity contribution >= 4 is 0 Å². The molecule has 3 N–H and O–H groups in total. The zero-order valence-corrected chi connectivity index (χ0v) is 15.9. The number of hydrogen-bond donors (Lipinski definition) is 1. The van der Waals surface area contributed by atoms with E-state index in [1.165, 1.54) is 58.4 Å². The van der Waals surface area contributed by atoms with Crippen LogP contribution in [0.15, 0.2) is 0 Å². The van der Waals surface area contributed by atoms with Crippen LogP contribution in [-0.2, 0) is 0 Å². The fraction of sp³-hybridized carbons (Fsp3) is 1.00. The molecule has 0 spiro atoms. The molecule has 0 aromatic carbocycles. The Labute approximate surface area is 143 Å². The van der Waals surface area contributed by atoms with Crippen LogP contribution in [0.25, 0.3) is 0 Å². The lowest BCUT2D eigenvalue weighted by Gasteiger charge is -2.53. The smallest absolute Gasteiger partial charge is 0.112 e. The van der Waals surface area contributed by atoms with Gasteiger partial charge in [-0.05, 0) is 55.4 Å². The summed E-state index contributed by atoms with van der Waals surface area (Å²) >= 11 is 0. The van der Waals surface area contributed by atoms with Gasteiger partial charge in [0.25, 0.3) is 0 Å². The molecule has 0 amide bonds. The molecule has 0 aromatic rings. The third-order valence-electron chi connectivity index (χ3n) is 8.01. The van der Waals surface area contributed by atoms with Crippen molar-refractivity contribution in [3.8, 4) is 0 Å². The predicted molar refractivity (Wildman–Crippen MR) is 94.9 cm³/mol. The number of rotatable bonds is 2. The number of quaternary nitrogens is 1. The third kappa shape index (κ3) is 2.87. The maximum Gasteiger partial charge on any atom is 0.112 e. The van der Waals surface area contributed by atoms with Crippen LogP contribution in [0, 0.1) is 35.0 Å². The van der Waals surface area contributed by atoms with Gasteiger partial charge >= 0.3 is 0 Å². The zero-order valence-electron chi connectivity index (χ0n) is 15.9. The van der Waals surface area contributed by atoms with Gasteiger partial charge in [0, 0.05) is 38.5 Å². The summed E-state index contributed by atoms with van der Waals surface area (Å²) in [6.07, 6.45) is 5.69. The minimum atomic E-state index is 0.386. The second kappa shape index (κ2) is 5.44. The Kier molecular flexibility index (Phi) is 3.87. The van der Waals surface area contributed by atoms with Crippen molar-refractivity contribution < 1.29 is 5.73 Å². The minimum absolute atomic E-state index is 0.386. The van der Waals surface area contributed by atoms with E-state index in [4.69, 9.17) is 0 Å². The Morgan fingerprint density at radius 3 is 2.61 bits per heavy atom. The summed E-state index contributed by atoms with van der Waals surface area (Å²) in [4.78, 5) is 5.40. The molecule has 23 heavy (non-hydrogen) atoms. The molecule has 0 radical (unpaired) electrons. The Hall–Kier alpha value is -0.120. The van der Waals surface area contributed by atoms with Gasteiger partial charge in [0.05, 0.1) is 6.54 Å². The first-order chi connectivity index (χ1) is 10.8. The van der Waals surface area contributed by atoms with E-state index in [1.54, 1.807) is 0 Å². The number of nitrogens with zero attached hydrogens (tertiary/aromatic N) is 2. The SMILES string of the molecule is CC1CC2CN(CC3CC4(C)CC(CN(C)C4)C3C)CC2([NH3+])C1. The van der Waals surface area contributed by atoms with Crippen LogP contribution in [0.1, 0.15) is 46.5 Å². The normalized spacial score (nSPS) is 54.4. The molecular weight excluding hydrogens is 282 g/mol. The van der Waals surface area contributed by atoms with Crippen LogP contribution in [0.3, 0.4) is 0 Å². The second-order valence-electron chi connectivity index (χ2n) is 10.6. The molecule has 4 rings (SSSR count). The number of piperidine rings is 1. The van der Waals surface area contributed by atoms with Crippen molar-refractivity contribution in [1.29, 1.82) is 0 Å². The van der Waals surface area contributed by atoms with Crippen LogP contribution in [0.2, 0.25) is 0 Å². The molecule has 2 saturated heterocycles. The monoisotopic (exact) mass is 320 g/mol. The van der Waals surface area contributed by atoms with Gasteiger partial charge in [0.15, 0.2) is 0 Å². The highest BCUT2D eigenvalue weighted by atomic mass is 15.2. The maximum atomic E-state index is 4.68. The van der Waals surface area contributed by atoms with E-state index in [0.717, 1.165) is 29.6 Å². The molecule has 3 heteroatoms. The van der Waals surface area contributed by atoms with Gasteiger partial charge in [-0.2, -0.15) is 0 Å². The van der Waals surface area contributed by atoms with Crippen molar-refractivity contribution in [2.75, 3.05) is 39.8 Å². The largest absolute Gasteiger partial charge is 0.351 e. The highest BCUT2D eigenvalue weighted by Crippen LogP contribution is 2.50. The third-order valence-corrected chi connectivity index (χ3v) is 8.01. The van der Waals surface area contributed by atoms with Crippen LogP contribution in [0.5, 0.6) is 0 Å². The fourth-order valence-electron chi connectivity index (χ4n) is 7.25. The molecule has 2 heterocycles. The van der Waals surface area contributed by atoms with E-state index in [-0.39, 0.29) is 0 Å². The van der Waals surface area contributed by atoms with Crippen molar-refractivity contribution in [3.05, 3.63) is 0 Å². The van der Waals surface area contributed by atoms with E-state index in [0.29, 0.717) is 11.0 Å². The minimum Gasteiger partial charge on any atom is -0.351 e. The number of fused-ring (bicyclic) bond motifs is 3. The first-order valence-electron chi connectivity index (χ1n) is 10.0. The van der Waals surface area contributed by atoms with Crippen molar-refractivity contribution in [3.63, 3.8) is 0 Å². The molecule has 2 aliphatic heterocycles. The standard InChI is InChI=1S/C20H37N3/c1-14-5-18-11-23(13-20(18,21)6-14)10-17-8-19(3)7-16(15(17)2)9-22(4)12-19/h14-18H,5-13,21H2,1-4H3/p+1. The van der Waals surface area contributed by atoms with Crippen LogP contribution >= 0.6 is 0 Å². The lowest BCUT2D eigenvalue weighted by atomic mass is 9.59. The maximum absolute atomic E-state index is 4.68. The van der Waals surface area contributed by atoms with Crippen LogP contribution in [0.4, 0.5) is 0 Å². The number of hydrogen-bond acceptors (Lipinski definition) is 2. The Morgan fingerprint density at radius 2 is 1.87 bits per heavy atom. The highest BCUT2D eigenvalue weighted by Gasteiger charge is 2.53. The first-order valence-corrected chi connectivity index (χ1v) is 10.0. The van der Waals surface area contributed by atoms with E-state index >= 15 is 0 Å². The second-order valence-corrected chi connectivity index (χ2v) is 10.6. The molecule has 2 bridgehead atoms. The predicted octanol–water partition coefficient (Wildman–Crippen LogP) is 1.94. The van der Waals surface area contributed by atoms with Crippen molar-refractivity contribution in [2.24, 2.45) is 35.0 Å². The lowest BCUT2D eigenvalue weighted by molar-refractivity contribution is -0.479. The van der Waals surface area contributed by atoms with Gasteiger partial charge in [-0.3, -0.25) is 4.90 Å². The average Bonchev–Trinajstić information content (AvgIpc) is 2.83. The fourth-order valence-corrected chi connectivity index (χ4v) is 7.25. The van der Waals surface area contributed by atoms with Gasteiger partial charge in [0.1, 0.15) is 5.54 Å². The summed E-state index contributed by atoms with van der Waals surface area (Å²) in [6.45, 7) is 14.1. The molecular formula is C20H38N3+. The highest BCUT2D eigenvalue weighted by molar-refractivity contribution is 5.04. The molecule has 132 valence electrons. The first kappa shape index (κ1) is 16.4. The summed E-state index contributed by atoms with van der Waals surface area (Å²) in [6, 6.07) is 0. The van der Waals surface area contributed by atoms with Gasteiger partial charge in [0.2, 0.25) is 0 Å². The van der Waals surface area contributed by atoms with Crippen molar-refractivity contribution in [2.45, 2.75) is 52.0 Å². The van der Waals surface area contributed by atoms with E-state index in [2.05, 4.69) is 43.4 Å². The quantitative estimate of drug-likeness (QED) is 0.844. The topological polar surface area (TPSA) is 34.1 Å². The summed E-state index contributed by atoms with van der Waals surface area (Å²) in [5, 5.41) is 0. The van der Waals surface area contributed by atoms with Gasteiger partial charge in [-0.25, -0.2) is 0 Å². The van der Waals surface area contributed by atoms with E-state index in [1.807, 2.05) is 0 Å². The zero-order chi connectivity index (χ0) is 16.4. The van der Waals surface area contributed by atoms with Crippen LogP contribution < -0.4 is 5.73 Å². The summed E-state index contributed by atoms with van der Waals surface area (Å²) in [5.41, 5.74) is 5.63. The molecule has 0 aromatic heterocycles. The molecule has 2 aliphatic carbocycles. The molecule has 3 nitrogen and oxygen atoms in total.